The van der Waals surface area contributed by atoms with Crippen molar-refractivity contribution in [1.29, 1.82) is 0 Å². The van der Waals surface area contributed by atoms with Crippen LogP contribution in [0, 0.1) is 11.3 Å². The quantitative estimate of drug-likeness (QED) is 0.591. The van der Waals surface area contributed by atoms with Crippen molar-refractivity contribution in [2.24, 2.45) is 11.3 Å². The number of fused-ring (bicyclic) bond motifs is 3. The molecule has 0 radical (unpaired) electrons. The molecule has 3 atom stereocenters. The first kappa shape index (κ1) is 18.9. The zero-order valence-corrected chi connectivity index (χ0v) is 16.8. The van der Waals surface area contributed by atoms with Crippen molar-refractivity contribution in [2.75, 3.05) is 7.11 Å². The average molecular weight is 358 g/mol. The molecule has 4 nitrogen and oxygen atoms in total. The normalized spacial score (nSPS) is 29.3. The lowest BCUT2D eigenvalue weighted by Gasteiger charge is -2.56. The van der Waals surface area contributed by atoms with E-state index in [1.54, 1.807) is 14.0 Å². The van der Waals surface area contributed by atoms with Gasteiger partial charge in [0, 0.05) is 12.3 Å². The van der Waals surface area contributed by atoms with E-state index in [0.29, 0.717) is 17.2 Å². The van der Waals surface area contributed by atoms with Crippen LogP contribution in [0.2, 0.25) is 0 Å². The second kappa shape index (κ2) is 6.40. The number of benzene rings is 1. The third-order valence-electron chi connectivity index (χ3n) is 6.85. The smallest absolute Gasteiger partial charge is 0.302 e. The Hall–Kier alpha value is -1.84. The summed E-state index contributed by atoms with van der Waals surface area (Å²) < 4.78 is 11.2. The molecule has 0 amide bonds. The third kappa shape index (κ3) is 2.83. The molecule has 0 unspecified atom stereocenters. The second-order valence-corrected chi connectivity index (χ2v) is 8.73. The predicted molar refractivity (Wildman–Crippen MR) is 101 cm³/mol. The number of hydrogen-bond donors (Lipinski definition) is 0. The van der Waals surface area contributed by atoms with E-state index in [9.17, 15) is 9.59 Å². The van der Waals surface area contributed by atoms with Gasteiger partial charge < -0.3 is 9.47 Å². The van der Waals surface area contributed by atoms with Crippen LogP contribution >= 0.6 is 0 Å². The highest BCUT2D eigenvalue weighted by molar-refractivity contribution is 5.97. The minimum atomic E-state index is -0.198. The van der Waals surface area contributed by atoms with Crippen molar-refractivity contribution in [3.63, 3.8) is 0 Å². The summed E-state index contributed by atoms with van der Waals surface area (Å²) in [5.74, 6) is 0.915. The number of esters is 1. The number of carbonyl (C=O) groups excluding carboxylic acids is 2. The van der Waals surface area contributed by atoms with Crippen molar-refractivity contribution in [3.05, 3.63) is 28.8 Å². The Morgan fingerprint density at radius 1 is 1.12 bits per heavy atom. The molecule has 2 aliphatic carbocycles. The van der Waals surface area contributed by atoms with E-state index in [0.717, 1.165) is 25.7 Å². The summed E-state index contributed by atoms with van der Waals surface area (Å²) in [5, 5.41) is 0. The maximum Gasteiger partial charge on any atom is 0.302 e. The second-order valence-electron chi connectivity index (χ2n) is 8.73. The molecule has 26 heavy (non-hydrogen) atoms. The Morgan fingerprint density at radius 2 is 1.81 bits per heavy atom. The number of rotatable bonds is 3. The Morgan fingerprint density at radius 3 is 2.38 bits per heavy atom. The first-order valence-electron chi connectivity index (χ1n) is 9.50. The fraction of sp³-hybridized carbons (Fsp3) is 0.636. The van der Waals surface area contributed by atoms with Crippen LogP contribution in [0.15, 0.2) is 12.1 Å². The number of hydrogen-bond acceptors (Lipinski definition) is 4. The number of ether oxygens (including phenoxy) is 2. The van der Waals surface area contributed by atoms with Crippen molar-refractivity contribution in [3.8, 4) is 5.75 Å². The molecule has 0 N–H and O–H groups in total. The Labute approximate surface area is 156 Å². The summed E-state index contributed by atoms with van der Waals surface area (Å²) in [7, 11) is 1.62. The van der Waals surface area contributed by atoms with Crippen molar-refractivity contribution < 1.29 is 19.1 Å². The molecule has 0 aromatic heterocycles. The minimum Gasteiger partial charge on any atom is -0.496 e. The first-order chi connectivity index (χ1) is 12.1. The molecule has 0 bridgehead atoms. The molecule has 0 aliphatic heterocycles. The zero-order chi connectivity index (χ0) is 19.3. The van der Waals surface area contributed by atoms with Crippen LogP contribution < -0.4 is 4.74 Å². The Bertz CT molecular complexity index is 749. The van der Waals surface area contributed by atoms with Gasteiger partial charge in [-0.25, -0.2) is 0 Å². The number of carbonyl (C=O) groups is 2. The van der Waals surface area contributed by atoms with Gasteiger partial charge in [-0.3, -0.25) is 9.59 Å². The van der Waals surface area contributed by atoms with Crippen molar-refractivity contribution in [2.45, 2.75) is 71.8 Å². The molecule has 4 heteroatoms. The summed E-state index contributed by atoms with van der Waals surface area (Å²) in [4.78, 5) is 23.5. The van der Waals surface area contributed by atoms with E-state index in [1.807, 2.05) is 6.07 Å². The number of Topliss-reactive ketones (excluding diaryl/α,β-unsaturated/α-hetero) is 1. The lowest BCUT2D eigenvalue weighted by atomic mass is 9.49. The van der Waals surface area contributed by atoms with E-state index in [1.165, 1.54) is 18.1 Å². The topological polar surface area (TPSA) is 52.6 Å². The third-order valence-corrected chi connectivity index (χ3v) is 6.85. The van der Waals surface area contributed by atoms with Crippen LogP contribution in [0.1, 0.15) is 75.4 Å². The van der Waals surface area contributed by atoms with Gasteiger partial charge in [-0.05, 0) is 67.2 Å². The van der Waals surface area contributed by atoms with E-state index < -0.39 is 0 Å². The van der Waals surface area contributed by atoms with E-state index in [-0.39, 0.29) is 28.7 Å². The highest BCUT2D eigenvalue weighted by atomic mass is 16.5. The molecule has 142 valence electrons. The van der Waals surface area contributed by atoms with Gasteiger partial charge in [0.15, 0.2) is 5.78 Å². The van der Waals surface area contributed by atoms with Gasteiger partial charge in [-0.1, -0.05) is 20.8 Å². The molecule has 1 aromatic carbocycles. The lowest BCUT2D eigenvalue weighted by Crippen LogP contribution is -2.54. The SMILES string of the molecule is COc1cc2c(cc1C(C)=O)CC[C@H]1C(C)(C)[C@@H](OC(C)=O)CC[C@]21C. The summed E-state index contributed by atoms with van der Waals surface area (Å²) >= 11 is 0. The summed E-state index contributed by atoms with van der Waals surface area (Å²) in [6.45, 7) is 9.87. The molecular weight excluding hydrogens is 328 g/mol. The summed E-state index contributed by atoms with van der Waals surface area (Å²) in [5.41, 5.74) is 3.13. The fourth-order valence-electron chi connectivity index (χ4n) is 5.55. The molecule has 2 aliphatic rings. The standard InChI is InChI=1S/C22H30O4/c1-13(23)16-11-15-7-8-19-21(3,4)20(26-14(2)24)9-10-22(19,5)17(15)12-18(16)25-6/h11-12,19-20H,7-10H2,1-6H3/t19-,20-,22+/m0/s1. The van der Waals surface area contributed by atoms with Crippen LogP contribution in [-0.2, 0) is 21.4 Å². The summed E-state index contributed by atoms with van der Waals surface area (Å²) in [6.07, 6.45) is 3.76. The molecule has 0 heterocycles. The van der Waals surface area contributed by atoms with Gasteiger partial charge in [0.2, 0.25) is 0 Å². The van der Waals surface area contributed by atoms with Crippen LogP contribution in [0.25, 0.3) is 0 Å². The van der Waals surface area contributed by atoms with Crippen LogP contribution in [0.3, 0.4) is 0 Å². The molecule has 3 rings (SSSR count). The largest absolute Gasteiger partial charge is 0.496 e. The zero-order valence-electron chi connectivity index (χ0n) is 16.8. The first-order valence-corrected chi connectivity index (χ1v) is 9.50. The predicted octanol–water partition coefficient (Wildman–Crippen LogP) is 4.47. The van der Waals surface area contributed by atoms with Crippen LogP contribution in [0.5, 0.6) is 5.75 Å². The van der Waals surface area contributed by atoms with E-state index in [2.05, 4.69) is 26.8 Å². The monoisotopic (exact) mass is 358 g/mol. The lowest BCUT2D eigenvalue weighted by molar-refractivity contribution is -0.163. The van der Waals surface area contributed by atoms with Crippen molar-refractivity contribution >= 4 is 11.8 Å². The minimum absolute atomic E-state index is 0.00364. The number of methoxy groups -OCH3 is 1. The van der Waals surface area contributed by atoms with Gasteiger partial charge in [0.1, 0.15) is 11.9 Å². The average Bonchev–Trinajstić information content (AvgIpc) is 2.56. The van der Waals surface area contributed by atoms with Gasteiger partial charge in [-0.15, -0.1) is 0 Å². The summed E-state index contributed by atoms with van der Waals surface area (Å²) in [6, 6.07) is 4.11. The van der Waals surface area contributed by atoms with Gasteiger partial charge in [0.25, 0.3) is 0 Å². The fourth-order valence-corrected chi connectivity index (χ4v) is 5.55. The molecule has 0 saturated heterocycles. The maximum absolute atomic E-state index is 12.0. The molecule has 0 spiro atoms. The number of aryl methyl sites for hydroxylation is 1. The molecule has 1 saturated carbocycles. The van der Waals surface area contributed by atoms with Crippen LogP contribution in [0.4, 0.5) is 0 Å². The molecule has 1 aromatic rings. The molecule has 1 fully saturated rings. The van der Waals surface area contributed by atoms with Crippen LogP contribution in [-0.4, -0.2) is 25.0 Å². The van der Waals surface area contributed by atoms with Gasteiger partial charge >= 0.3 is 5.97 Å². The van der Waals surface area contributed by atoms with E-state index >= 15 is 0 Å². The van der Waals surface area contributed by atoms with Gasteiger partial charge in [0.05, 0.1) is 12.7 Å². The van der Waals surface area contributed by atoms with E-state index in [4.69, 9.17) is 9.47 Å². The highest BCUT2D eigenvalue weighted by Gasteiger charge is 2.55. The van der Waals surface area contributed by atoms with Crippen molar-refractivity contribution in [1.82, 2.24) is 0 Å². The highest BCUT2D eigenvalue weighted by Crippen LogP contribution is 2.58. The molecular formula is C22H30O4. The maximum atomic E-state index is 12.0. The number of ketones is 1. The van der Waals surface area contributed by atoms with Gasteiger partial charge in [-0.2, -0.15) is 0 Å². The Balaban J connectivity index is 2.06. The Kier molecular flexibility index (Phi) is 4.66.